The molecule has 0 aromatic heterocycles. The molecule has 0 bridgehead atoms. The number of hydrogen-bond donors (Lipinski definition) is 2. The second-order valence-corrected chi connectivity index (χ2v) is 9.48. The third kappa shape index (κ3) is 3.82. The highest BCUT2D eigenvalue weighted by molar-refractivity contribution is 7.89. The molecule has 0 saturated carbocycles. The number of aryl methyl sites for hydroxylation is 3. The van der Waals surface area contributed by atoms with Crippen molar-refractivity contribution < 1.29 is 13.2 Å². The molecule has 2 aliphatic rings. The molecule has 1 atom stereocenters. The first-order chi connectivity index (χ1) is 13.7. The van der Waals surface area contributed by atoms with Crippen LogP contribution in [0.3, 0.4) is 0 Å². The topological polar surface area (TPSA) is 81.8 Å². The van der Waals surface area contributed by atoms with Gasteiger partial charge in [0, 0.05) is 31.9 Å². The lowest BCUT2D eigenvalue weighted by atomic mass is 10.1. The van der Waals surface area contributed by atoms with Gasteiger partial charge in [-0.2, -0.15) is 4.72 Å². The van der Waals surface area contributed by atoms with Gasteiger partial charge in [-0.15, -0.1) is 0 Å². The van der Waals surface area contributed by atoms with Crippen LogP contribution in [0.4, 0.5) is 11.4 Å². The molecular weight excluding hydrogens is 388 g/mol. The lowest BCUT2D eigenvalue weighted by Gasteiger charge is -2.39. The maximum absolute atomic E-state index is 13.0. The van der Waals surface area contributed by atoms with Crippen molar-refractivity contribution in [2.75, 3.05) is 36.4 Å². The summed E-state index contributed by atoms with van der Waals surface area (Å²) >= 11 is 0. The third-order valence-corrected chi connectivity index (χ3v) is 7.02. The molecule has 154 valence electrons. The van der Waals surface area contributed by atoms with Crippen LogP contribution in [0.25, 0.3) is 0 Å². The van der Waals surface area contributed by atoms with E-state index in [1.54, 1.807) is 23.1 Å². The summed E-state index contributed by atoms with van der Waals surface area (Å²) in [5.41, 5.74) is 5.01. The Morgan fingerprint density at radius 1 is 0.966 bits per heavy atom. The molecule has 29 heavy (non-hydrogen) atoms. The summed E-state index contributed by atoms with van der Waals surface area (Å²) in [6.07, 6.45) is -0.985. The minimum absolute atomic E-state index is 0.173. The van der Waals surface area contributed by atoms with Crippen molar-refractivity contribution >= 4 is 27.3 Å². The Hall–Kier alpha value is -2.58. The van der Waals surface area contributed by atoms with E-state index in [4.69, 9.17) is 0 Å². The van der Waals surface area contributed by atoms with E-state index in [0.29, 0.717) is 31.9 Å². The van der Waals surface area contributed by atoms with E-state index in [1.165, 1.54) is 16.8 Å². The van der Waals surface area contributed by atoms with Gasteiger partial charge in [-0.25, -0.2) is 8.42 Å². The molecule has 8 heteroatoms. The van der Waals surface area contributed by atoms with Crippen molar-refractivity contribution in [3.05, 3.63) is 53.1 Å². The molecule has 4 rings (SSSR count). The Bertz CT molecular complexity index is 1060. The number of hydrogen-bond acceptors (Lipinski definition) is 5. The van der Waals surface area contributed by atoms with Crippen molar-refractivity contribution in [3.8, 4) is 0 Å². The van der Waals surface area contributed by atoms with E-state index in [9.17, 15) is 13.2 Å². The number of piperazine rings is 1. The van der Waals surface area contributed by atoms with Crippen LogP contribution in [-0.2, 0) is 14.8 Å². The molecule has 2 N–H and O–H groups in total. The summed E-state index contributed by atoms with van der Waals surface area (Å²) in [4.78, 5) is 17.2. The maximum Gasteiger partial charge on any atom is 0.261 e. The second-order valence-electron chi connectivity index (χ2n) is 7.80. The van der Waals surface area contributed by atoms with Gasteiger partial charge in [0.05, 0.1) is 5.69 Å². The largest absolute Gasteiger partial charge is 0.368 e. The number of sulfonamides is 1. The maximum atomic E-state index is 13.0. The smallest absolute Gasteiger partial charge is 0.261 e. The molecule has 0 radical (unpaired) electrons. The number of anilines is 2. The summed E-state index contributed by atoms with van der Waals surface area (Å²) in [6.45, 7) is 8.57. The number of carbonyl (C=O) groups excluding carboxylic acids is 1. The molecule has 2 heterocycles. The fraction of sp³-hybridized carbons (Fsp3) is 0.381. The summed E-state index contributed by atoms with van der Waals surface area (Å²) in [5.74, 6) is -0.249. The third-order valence-electron chi connectivity index (χ3n) is 5.54. The predicted molar refractivity (Wildman–Crippen MR) is 114 cm³/mol. The first-order valence-corrected chi connectivity index (χ1v) is 11.2. The quantitative estimate of drug-likeness (QED) is 0.786. The number of fused-ring (bicyclic) bond motifs is 1. The highest BCUT2D eigenvalue weighted by atomic mass is 32.2. The summed E-state index contributed by atoms with van der Waals surface area (Å²) < 4.78 is 27.6. The number of amides is 1. The molecule has 1 saturated heterocycles. The SMILES string of the molecule is Cc1ccc2c(c1)NC(C(=O)N1CCN(c3cc(C)ccc3C)CC1)NS2(=O)=O. The fourth-order valence-corrected chi connectivity index (χ4v) is 5.17. The highest BCUT2D eigenvalue weighted by Crippen LogP contribution is 2.28. The Morgan fingerprint density at radius 2 is 1.62 bits per heavy atom. The molecule has 1 unspecified atom stereocenters. The van der Waals surface area contributed by atoms with Gasteiger partial charge in [0.2, 0.25) is 10.0 Å². The van der Waals surface area contributed by atoms with Gasteiger partial charge in [0.15, 0.2) is 6.17 Å². The van der Waals surface area contributed by atoms with Gasteiger partial charge in [0.25, 0.3) is 5.91 Å². The van der Waals surface area contributed by atoms with E-state index >= 15 is 0 Å². The second kappa shape index (κ2) is 7.35. The molecule has 0 spiro atoms. The molecule has 1 fully saturated rings. The minimum atomic E-state index is -3.73. The molecule has 7 nitrogen and oxygen atoms in total. The molecule has 0 aliphatic carbocycles. The van der Waals surface area contributed by atoms with Crippen LogP contribution in [0.15, 0.2) is 41.3 Å². The Kier molecular flexibility index (Phi) is 5.00. The van der Waals surface area contributed by atoms with Gasteiger partial charge in [0.1, 0.15) is 4.90 Å². The zero-order valence-corrected chi connectivity index (χ0v) is 17.7. The number of benzene rings is 2. The van der Waals surface area contributed by atoms with Crippen LogP contribution in [0.5, 0.6) is 0 Å². The average Bonchev–Trinajstić information content (AvgIpc) is 2.68. The number of nitrogens with one attached hydrogen (secondary N) is 2. The van der Waals surface area contributed by atoms with E-state index in [2.05, 4.69) is 47.0 Å². The standard InChI is InChI=1S/C21H26N4O3S/c1-14-5-7-19-17(12-14)22-20(23-29(19,27)28)21(26)25-10-8-24(9-11-25)18-13-15(2)4-6-16(18)3/h4-7,12-13,20,22-23H,8-11H2,1-3H3. The van der Waals surface area contributed by atoms with Crippen LogP contribution in [0.1, 0.15) is 16.7 Å². The molecular formula is C21H26N4O3S. The number of nitrogens with zero attached hydrogens (tertiary/aromatic N) is 2. The van der Waals surface area contributed by atoms with E-state index in [-0.39, 0.29) is 10.8 Å². The van der Waals surface area contributed by atoms with E-state index in [1.807, 2.05) is 6.92 Å². The summed E-state index contributed by atoms with van der Waals surface area (Å²) in [5, 5.41) is 3.05. The van der Waals surface area contributed by atoms with Crippen LogP contribution < -0.4 is 14.9 Å². The Morgan fingerprint density at radius 3 is 2.34 bits per heavy atom. The van der Waals surface area contributed by atoms with Crippen molar-refractivity contribution in [1.29, 1.82) is 0 Å². The minimum Gasteiger partial charge on any atom is -0.368 e. The zero-order chi connectivity index (χ0) is 20.8. The van der Waals surface area contributed by atoms with Crippen LogP contribution in [0, 0.1) is 20.8 Å². The van der Waals surface area contributed by atoms with Crippen molar-refractivity contribution in [3.63, 3.8) is 0 Å². The summed E-state index contributed by atoms with van der Waals surface area (Å²) in [7, 11) is -3.73. The lowest BCUT2D eigenvalue weighted by Crippen LogP contribution is -2.58. The van der Waals surface area contributed by atoms with Crippen molar-refractivity contribution in [2.24, 2.45) is 0 Å². The van der Waals surface area contributed by atoms with Gasteiger partial charge in [-0.05, 0) is 55.7 Å². The monoisotopic (exact) mass is 414 g/mol. The Labute approximate surface area is 171 Å². The van der Waals surface area contributed by atoms with E-state index < -0.39 is 16.2 Å². The fourth-order valence-electron chi connectivity index (χ4n) is 3.92. The predicted octanol–water partition coefficient (Wildman–Crippen LogP) is 1.99. The normalized spacial score (nSPS) is 20.7. The molecule has 1 amide bonds. The van der Waals surface area contributed by atoms with Gasteiger partial charge < -0.3 is 15.1 Å². The number of carbonyl (C=O) groups is 1. The van der Waals surface area contributed by atoms with Crippen LogP contribution in [0.2, 0.25) is 0 Å². The van der Waals surface area contributed by atoms with Gasteiger partial charge in [-0.3, -0.25) is 4.79 Å². The lowest BCUT2D eigenvalue weighted by molar-refractivity contribution is -0.132. The first-order valence-electron chi connectivity index (χ1n) is 9.75. The van der Waals surface area contributed by atoms with Crippen molar-refractivity contribution in [1.82, 2.24) is 9.62 Å². The van der Waals surface area contributed by atoms with E-state index in [0.717, 1.165) is 5.56 Å². The average molecular weight is 415 g/mol. The summed E-state index contributed by atoms with van der Waals surface area (Å²) in [6, 6.07) is 11.4. The zero-order valence-electron chi connectivity index (χ0n) is 16.9. The van der Waals surface area contributed by atoms with Gasteiger partial charge >= 0.3 is 0 Å². The molecule has 2 aliphatic heterocycles. The molecule has 2 aromatic rings. The van der Waals surface area contributed by atoms with Crippen LogP contribution in [-0.4, -0.2) is 51.6 Å². The molecule has 2 aromatic carbocycles. The van der Waals surface area contributed by atoms with Gasteiger partial charge in [-0.1, -0.05) is 18.2 Å². The first kappa shape index (κ1) is 19.7. The highest BCUT2D eigenvalue weighted by Gasteiger charge is 2.36. The van der Waals surface area contributed by atoms with Crippen molar-refractivity contribution in [2.45, 2.75) is 31.8 Å². The number of rotatable bonds is 2. The van der Waals surface area contributed by atoms with Crippen LogP contribution >= 0.6 is 0 Å². The Balaban J connectivity index is 1.47.